The van der Waals surface area contributed by atoms with Crippen LogP contribution in [-0.2, 0) is 14.3 Å². The number of carbonyl (C=O) groups is 4. The van der Waals surface area contributed by atoms with E-state index in [1.807, 2.05) is 0 Å². The number of nitrogens with zero attached hydrogens (tertiary/aromatic N) is 1. The van der Waals surface area contributed by atoms with Gasteiger partial charge in [0, 0.05) is 24.2 Å². The second-order valence-corrected chi connectivity index (χ2v) is 9.85. The number of benzene rings is 4. The third-order valence-electron chi connectivity index (χ3n) is 6.94. The first-order valence-corrected chi connectivity index (χ1v) is 13.7. The van der Waals surface area contributed by atoms with E-state index in [1.54, 1.807) is 79.9 Å². The second-order valence-electron chi connectivity index (χ2n) is 9.85. The van der Waals surface area contributed by atoms with E-state index in [-0.39, 0.29) is 30.2 Å². The first-order valence-electron chi connectivity index (χ1n) is 13.7. The van der Waals surface area contributed by atoms with Crippen molar-refractivity contribution in [3.05, 3.63) is 108 Å². The lowest BCUT2D eigenvalue weighted by Gasteiger charge is -2.17. The number of Topliss-reactive ketones (excluding diaryl/α,β-unsaturated/α-hetero) is 1. The molecule has 1 saturated heterocycles. The summed E-state index contributed by atoms with van der Waals surface area (Å²) in [6, 6.07) is 26.6. The average Bonchev–Trinajstić information content (AvgIpc) is 3.46. The monoisotopic (exact) mass is 595 g/mol. The molecule has 1 aliphatic heterocycles. The fourth-order valence-corrected chi connectivity index (χ4v) is 4.55. The summed E-state index contributed by atoms with van der Waals surface area (Å²) < 4.78 is 26.7. The maximum Gasteiger partial charge on any atom is 0.343 e. The Morgan fingerprint density at radius 1 is 0.727 bits per heavy atom. The number of hydrogen-bond acceptors (Lipinski definition) is 9. The summed E-state index contributed by atoms with van der Waals surface area (Å²) in [5.41, 5.74) is 1.21. The van der Waals surface area contributed by atoms with E-state index < -0.39 is 30.2 Å². The van der Waals surface area contributed by atoms with Crippen LogP contribution >= 0.6 is 0 Å². The van der Waals surface area contributed by atoms with Crippen molar-refractivity contribution in [3.63, 3.8) is 0 Å². The number of carbonyl (C=O) groups excluding carboxylic acids is 4. The molecule has 1 fully saturated rings. The summed E-state index contributed by atoms with van der Waals surface area (Å²) >= 11 is 0. The van der Waals surface area contributed by atoms with Crippen LogP contribution in [0.25, 0.3) is 0 Å². The van der Waals surface area contributed by atoms with Gasteiger partial charge in [-0.3, -0.25) is 14.4 Å². The lowest BCUT2D eigenvalue weighted by atomic mass is 10.1. The highest BCUT2D eigenvalue weighted by molar-refractivity contribution is 6.01. The SMILES string of the molecule is COc1ccc(Oc2ccc(N3CC(C(=O)OCC(=O)c4ccc(OC(=O)c5cccc(OC)c5)cc4)CC3=O)cc2)cc1. The van der Waals surface area contributed by atoms with E-state index in [4.69, 9.17) is 23.7 Å². The highest BCUT2D eigenvalue weighted by atomic mass is 16.5. The number of amides is 1. The largest absolute Gasteiger partial charge is 0.497 e. The van der Waals surface area contributed by atoms with Gasteiger partial charge >= 0.3 is 11.9 Å². The van der Waals surface area contributed by atoms with Gasteiger partial charge in [0.25, 0.3) is 0 Å². The molecule has 1 amide bonds. The van der Waals surface area contributed by atoms with Crippen LogP contribution in [0.5, 0.6) is 28.7 Å². The Morgan fingerprint density at radius 3 is 2.00 bits per heavy atom. The molecule has 0 saturated carbocycles. The Labute approximate surface area is 253 Å². The van der Waals surface area contributed by atoms with E-state index in [0.717, 1.165) is 5.75 Å². The van der Waals surface area contributed by atoms with Crippen LogP contribution in [-0.4, -0.2) is 51.0 Å². The number of hydrogen-bond donors (Lipinski definition) is 0. The number of methoxy groups -OCH3 is 2. The molecular formula is C34H29NO9. The van der Waals surface area contributed by atoms with Crippen LogP contribution in [0.15, 0.2) is 97.1 Å². The van der Waals surface area contributed by atoms with Gasteiger partial charge in [-0.2, -0.15) is 0 Å². The lowest BCUT2D eigenvalue weighted by Crippen LogP contribution is -2.27. The summed E-state index contributed by atoms with van der Waals surface area (Å²) in [4.78, 5) is 51.9. The molecule has 4 aromatic carbocycles. The molecular weight excluding hydrogens is 566 g/mol. The molecule has 0 aromatic heterocycles. The Kier molecular flexibility index (Phi) is 9.19. The third kappa shape index (κ3) is 7.22. The molecule has 1 heterocycles. The highest BCUT2D eigenvalue weighted by Gasteiger charge is 2.36. The zero-order valence-electron chi connectivity index (χ0n) is 24.1. The van der Waals surface area contributed by atoms with Gasteiger partial charge in [-0.15, -0.1) is 0 Å². The summed E-state index contributed by atoms with van der Waals surface area (Å²) in [6.45, 7) is -0.345. The molecule has 0 bridgehead atoms. The van der Waals surface area contributed by atoms with Crippen LogP contribution in [0.2, 0.25) is 0 Å². The van der Waals surface area contributed by atoms with Gasteiger partial charge in [0.2, 0.25) is 5.91 Å². The molecule has 0 spiro atoms. The van der Waals surface area contributed by atoms with Gasteiger partial charge in [-0.25, -0.2) is 4.79 Å². The van der Waals surface area contributed by atoms with Crippen LogP contribution < -0.4 is 23.8 Å². The predicted octanol–water partition coefficient (Wildman–Crippen LogP) is 5.49. The molecule has 1 unspecified atom stereocenters. The number of ketones is 1. The first kappa shape index (κ1) is 29.8. The fourth-order valence-electron chi connectivity index (χ4n) is 4.55. The molecule has 5 rings (SSSR count). The number of anilines is 1. The van der Waals surface area contributed by atoms with E-state index in [0.29, 0.717) is 28.5 Å². The molecule has 1 aliphatic rings. The Balaban J connectivity index is 1.10. The van der Waals surface area contributed by atoms with Crippen molar-refractivity contribution in [2.45, 2.75) is 6.42 Å². The predicted molar refractivity (Wildman–Crippen MR) is 160 cm³/mol. The van der Waals surface area contributed by atoms with Crippen molar-refractivity contribution in [1.82, 2.24) is 0 Å². The van der Waals surface area contributed by atoms with Crippen LogP contribution in [0.4, 0.5) is 5.69 Å². The molecule has 1 atom stereocenters. The maximum absolute atomic E-state index is 12.7. The Bertz CT molecular complexity index is 1650. The summed E-state index contributed by atoms with van der Waals surface area (Å²) in [6.07, 6.45) is -0.0233. The van der Waals surface area contributed by atoms with Crippen LogP contribution in [0, 0.1) is 5.92 Å². The van der Waals surface area contributed by atoms with Gasteiger partial charge < -0.3 is 28.6 Å². The van der Waals surface area contributed by atoms with Gasteiger partial charge in [0.15, 0.2) is 12.4 Å². The smallest absolute Gasteiger partial charge is 0.343 e. The molecule has 10 nitrogen and oxygen atoms in total. The van der Waals surface area contributed by atoms with Crippen molar-refractivity contribution in [3.8, 4) is 28.7 Å². The van der Waals surface area contributed by atoms with Gasteiger partial charge in [-0.1, -0.05) is 6.07 Å². The Hall–Kier alpha value is -5.64. The van der Waals surface area contributed by atoms with Gasteiger partial charge in [-0.05, 0) is 91.0 Å². The number of esters is 2. The minimum Gasteiger partial charge on any atom is -0.497 e. The summed E-state index contributed by atoms with van der Waals surface area (Å²) in [7, 11) is 3.09. The lowest BCUT2D eigenvalue weighted by molar-refractivity contribution is -0.147. The van der Waals surface area contributed by atoms with Gasteiger partial charge in [0.05, 0.1) is 25.7 Å². The van der Waals surface area contributed by atoms with Crippen molar-refractivity contribution in [1.29, 1.82) is 0 Å². The summed E-state index contributed by atoms with van der Waals surface area (Å²) in [5, 5.41) is 0. The van der Waals surface area contributed by atoms with Gasteiger partial charge in [0.1, 0.15) is 28.7 Å². The molecule has 224 valence electrons. The molecule has 0 N–H and O–H groups in total. The Morgan fingerprint density at radius 2 is 1.34 bits per heavy atom. The fraction of sp³-hybridized carbons (Fsp3) is 0.176. The molecule has 10 heteroatoms. The van der Waals surface area contributed by atoms with Crippen LogP contribution in [0.3, 0.4) is 0 Å². The summed E-state index contributed by atoms with van der Waals surface area (Å²) in [5.74, 6) is 0.152. The van der Waals surface area contributed by atoms with Crippen molar-refractivity contribution < 1.29 is 42.9 Å². The molecule has 0 radical (unpaired) electrons. The quantitative estimate of drug-likeness (QED) is 0.126. The molecule has 44 heavy (non-hydrogen) atoms. The van der Waals surface area contributed by atoms with Crippen molar-refractivity contribution >= 4 is 29.3 Å². The van der Waals surface area contributed by atoms with E-state index in [2.05, 4.69) is 0 Å². The van der Waals surface area contributed by atoms with E-state index >= 15 is 0 Å². The topological polar surface area (TPSA) is 118 Å². The number of rotatable bonds is 11. The average molecular weight is 596 g/mol. The molecule has 0 aliphatic carbocycles. The third-order valence-corrected chi connectivity index (χ3v) is 6.94. The zero-order valence-corrected chi connectivity index (χ0v) is 24.1. The normalized spacial score (nSPS) is 14.1. The number of ether oxygens (including phenoxy) is 5. The minimum atomic E-state index is -0.705. The zero-order chi connectivity index (χ0) is 31.1. The first-order chi connectivity index (χ1) is 21.3. The highest BCUT2D eigenvalue weighted by Crippen LogP contribution is 2.30. The van der Waals surface area contributed by atoms with Crippen molar-refractivity contribution in [2.75, 3.05) is 32.3 Å². The molecule has 4 aromatic rings. The standard InChI is InChI=1S/C34H29NO9/c1-40-26-14-16-28(17-15-26)43-27-12-8-25(9-13-27)35-20-24(19-32(35)37)33(38)42-21-31(36)22-6-10-29(11-7-22)44-34(39)23-4-3-5-30(18-23)41-2/h3-18,24H,19-21H2,1-2H3. The second kappa shape index (κ2) is 13.6. The maximum atomic E-state index is 12.7. The van der Waals surface area contributed by atoms with Crippen LogP contribution in [0.1, 0.15) is 27.1 Å². The minimum absolute atomic E-state index is 0.0233. The van der Waals surface area contributed by atoms with E-state index in [1.165, 1.54) is 36.3 Å². The van der Waals surface area contributed by atoms with E-state index in [9.17, 15) is 19.2 Å². The van der Waals surface area contributed by atoms with Crippen molar-refractivity contribution in [2.24, 2.45) is 5.92 Å².